The molecule has 8 heteroatoms. The maximum Gasteiger partial charge on any atom is 0.206 e. The molecule has 0 radical (unpaired) electrons. The van der Waals surface area contributed by atoms with Crippen LogP contribution in [0.1, 0.15) is 129 Å². The van der Waals surface area contributed by atoms with Crippen LogP contribution in [0.2, 0.25) is 48.4 Å². The highest BCUT2D eigenvalue weighted by Crippen LogP contribution is 2.39. The second-order valence-electron chi connectivity index (χ2n) is 19.0. The van der Waals surface area contributed by atoms with E-state index >= 15 is 0 Å². The van der Waals surface area contributed by atoms with Crippen molar-refractivity contribution in [1.29, 1.82) is 0 Å². The highest BCUT2D eigenvalue weighted by molar-refractivity contribution is 7.91. The van der Waals surface area contributed by atoms with Gasteiger partial charge in [0.1, 0.15) is 23.0 Å². The minimum Gasteiger partial charge on any atom is -0.494 e. The second-order valence-corrected chi connectivity index (χ2v) is 32.2. The quantitative estimate of drug-likeness (QED) is 0.0226. The van der Waals surface area contributed by atoms with Crippen LogP contribution in [0.5, 0.6) is 17.2 Å². The summed E-state index contributed by atoms with van der Waals surface area (Å²) in [5, 5.41) is 0. The van der Waals surface area contributed by atoms with Gasteiger partial charge in [-0.1, -0.05) is 165 Å². The number of rotatable bonds is 30. The average molecular weight is 938 g/mol. The number of aryl methyl sites for hydroxylation is 3. The van der Waals surface area contributed by atoms with Crippen molar-refractivity contribution in [3.05, 3.63) is 137 Å². The molecule has 65 heavy (non-hydrogen) atoms. The van der Waals surface area contributed by atoms with Crippen LogP contribution in [-0.2, 0) is 32.8 Å². The molecule has 4 aromatic carbocycles. The summed E-state index contributed by atoms with van der Waals surface area (Å²) in [6, 6.07) is 38.3. The number of ether oxygens (including phenoxy) is 3. The lowest BCUT2D eigenvalue weighted by Crippen LogP contribution is -2.31. The standard InChI is InChI=1S/C57H84O5SSi2/c1-12-51(13-2)60-40-22-20-21-23-41-61-55-38-30-49(44-47(55)26-24-42-64(14-3,15-4)16-5)57(10,11)50-31-39-56(48(45-50)27-25-43-65(17-6,18-7)19-8)62-52-32-36-54(37-33-52)63(58,59)53-34-28-46(9)29-35-53/h12-13,28-39,44-45H,1,14-27,40-43H2,2-11H3. The van der Waals surface area contributed by atoms with Crippen LogP contribution in [0.15, 0.2) is 119 Å². The van der Waals surface area contributed by atoms with Crippen LogP contribution in [0.25, 0.3) is 0 Å². The zero-order valence-electron chi connectivity index (χ0n) is 42.1. The van der Waals surface area contributed by atoms with E-state index in [2.05, 4.69) is 98.4 Å². The molecule has 4 aromatic rings. The van der Waals surface area contributed by atoms with E-state index in [0.29, 0.717) is 10.6 Å². The second kappa shape index (κ2) is 25.9. The first kappa shape index (κ1) is 53.8. The first-order valence-electron chi connectivity index (χ1n) is 25.1. The zero-order valence-corrected chi connectivity index (χ0v) is 44.9. The third kappa shape index (κ3) is 14.8. The van der Waals surface area contributed by atoms with Gasteiger partial charge in [0.2, 0.25) is 9.84 Å². The predicted molar refractivity (Wildman–Crippen MR) is 283 cm³/mol. The van der Waals surface area contributed by atoms with E-state index in [1.54, 1.807) is 42.5 Å². The Hall–Kier alpha value is -3.86. The lowest BCUT2D eigenvalue weighted by molar-refractivity contribution is 0.214. The first-order chi connectivity index (χ1) is 31.2. The summed E-state index contributed by atoms with van der Waals surface area (Å²) in [7, 11) is -6.19. The lowest BCUT2D eigenvalue weighted by Gasteiger charge is -2.30. The van der Waals surface area contributed by atoms with Crippen molar-refractivity contribution < 1.29 is 22.6 Å². The highest BCUT2D eigenvalue weighted by Gasteiger charge is 2.29. The van der Waals surface area contributed by atoms with Gasteiger partial charge in [-0.3, -0.25) is 0 Å². The van der Waals surface area contributed by atoms with Gasteiger partial charge in [-0.05, 0) is 135 Å². The van der Waals surface area contributed by atoms with Gasteiger partial charge in [0.05, 0.1) is 39.2 Å². The SMILES string of the molecule is C=CC(=CC)OCCCCCCOc1ccc(C(C)(C)c2ccc(Oc3ccc(S(=O)(=O)c4ccc(C)cc4)cc3)c(CCC[Si](CC)(CC)CC)c2)cc1CCC[Si](CC)(CC)CC. The molecular formula is C57H84O5SSi2. The molecule has 0 amide bonds. The molecule has 0 spiro atoms. The molecule has 0 aromatic heterocycles. The maximum atomic E-state index is 13.4. The van der Waals surface area contributed by atoms with Crippen molar-refractivity contribution in [2.24, 2.45) is 0 Å². The van der Waals surface area contributed by atoms with Crippen molar-refractivity contribution in [2.75, 3.05) is 13.2 Å². The first-order valence-corrected chi connectivity index (χ1v) is 32.2. The maximum absolute atomic E-state index is 13.4. The number of benzene rings is 4. The topological polar surface area (TPSA) is 61.8 Å². The van der Waals surface area contributed by atoms with E-state index in [1.807, 2.05) is 32.1 Å². The van der Waals surface area contributed by atoms with Gasteiger partial charge in [-0.25, -0.2) is 8.42 Å². The Kier molecular flexibility index (Phi) is 21.4. The van der Waals surface area contributed by atoms with E-state index in [4.69, 9.17) is 14.2 Å². The fourth-order valence-corrected chi connectivity index (χ4v) is 17.7. The van der Waals surface area contributed by atoms with Gasteiger partial charge >= 0.3 is 0 Å². The minimum absolute atomic E-state index is 0.258. The van der Waals surface area contributed by atoms with Crippen LogP contribution in [0.4, 0.5) is 0 Å². The number of sulfone groups is 1. The molecular weight excluding hydrogens is 853 g/mol. The van der Waals surface area contributed by atoms with Gasteiger partial charge in [0, 0.05) is 5.41 Å². The van der Waals surface area contributed by atoms with Crippen molar-refractivity contribution in [3.8, 4) is 17.2 Å². The summed E-state index contributed by atoms with van der Waals surface area (Å²) in [4.78, 5) is 0.552. The molecule has 0 aliphatic carbocycles. The fourth-order valence-electron chi connectivity index (χ4n) is 9.46. The Labute approximate surface area is 398 Å². The molecule has 0 heterocycles. The monoisotopic (exact) mass is 937 g/mol. The van der Waals surface area contributed by atoms with Crippen LogP contribution < -0.4 is 9.47 Å². The molecule has 0 atom stereocenters. The molecule has 0 bridgehead atoms. The molecule has 4 rings (SSSR count). The largest absolute Gasteiger partial charge is 0.494 e. The van der Waals surface area contributed by atoms with E-state index in [9.17, 15) is 8.42 Å². The third-order valence-corrected chi connectivity index (χ3v) is 28.7. The Bertz CT molecular complexity index is 2180. The van der Waals surface area contributed by atoms with E-state index < -0.39 is 26.0 Å². The normalized spacial score (nSPS) is 12.6. The molecule has 0 unspecified atom stereocenters. The van der Waals surface area contributed by atoms with Crippen molar-refractivity contribution in [2.45, 2.75) is 184 Å². The van der Waals surface area contributed by atoms with Gasteiger partial charge < -0.3 is 14.2 Å². The van der Waals surface area contributed by atoms with E-state index in [-0.39, 0.29) is 10.3 Å². The fraction of sp³-hybridized carbons (Fsp3) is 0.509. The zero-order chi connectivity index (χ0) is 47.5. The lowest BCUT2D eigenvalue weighted by atomic mass is 9.76. The number of hydrogen-bond acceptors (Lipinski definition) is 5. The molecule has 356 valence electrons. The minimum atomic E-state index is -3.64. The summed E-state index contributed by atoms with van der Waals surface area (Å²) < 4.78 is 45.9. The molecule has 0 aliphatic heterocycles. The molecule has 0 saturated heterocycles. The van der Waals surface area contributed by atoms with Crippen LogP contribution in [0, 0.1) is 6.92 Å². The highest BCUT2D eigenvalue weighted by atomic mass is 32.2. The van der Waals surface area contributed by atoms with Crippen molar-refractivity contribution >= 4 is 26.0 Å². The molecule has 0 aliphatic rings. The summed E-state index contributed by atoms with van der Waals surface area (Å²) in [6.07, 6.45) is 12.3. The number of hydrogen-bond donors (Lipinski definition) is 0. The Balaban J connectivity index is 1.61. The van der Waals surface area contributed by atoms with E-state index in [1.165, 1.54) is 77.0 Å². The Morgan fingerprint density at radius 1 is 0.615 bits per heavy atom. The van der Waals surface area contributed by atoms with Crippen molar-refractivity contribution in [1.82, 2.24) is 0 Å². The molecule has 0 fully saturated rings. The van der Waals surface area contributed by atoms with Crippen LogP contribution in [0.3, 0.4) is 0 Å². The Morgan fingerprint density at radius 2 is 1.08 bits per heavy atom. The molecule has 0 saturated carbocycles. The average Bonchev–Trinajstić information content (AvgIpc) is 3.32. The van der Waals surface area contributed by atoms with Crippen molar-refractivity contribution in [3.63, 3.8) is 0 Å². The van der Waals surface area contributed by atoms with Gasteiger partial charge in [0.25, 0.3) is 0 Å². The number of unbranched alkanes of at least 4 members (excludes halogenated alkanes) is 3. The van der Waals surface area contributed by atoms with Crippen LogP contribution >= 0.6 is 0 Å². The van der Waals surface area contributed by atoms with Crippen LogP contribution in [-0.4, -0.2) is 37.8 Å². The van der Waals surface area contributed by atoms with Gasteiger partial charge in [-0.15, -0.1) is 0 Å². The third-order valence-electron chi connectivity index (χ3n) is 15.1. The summed E-state index contributed by atoms with van der Waals surface area (Å²) >= 11 is 0. The summed E-state index contributed by atoms with van der Waals surface area (Å²) in [5.41, 5.74) is 5.84. The Morgan fingerprint density at radius 3 is 1.55 bits per heavy atom. The van der Waals surface area contributed by atoms with E-state index in [0.717, 1.165) is 81.0 Å². The molecule has 5 nitrogen and oxygen atoms in total. The predicted octanol–water partition coefficient (Wildman–Crippen LogP) is 16.9. The van der Waals surface area contributed by atoms with Gasteiger partial charge in [0.15, 0.2) is 0 Å². The van der Waals surface area contributed by atoms with Gasteiger partial charge in [-0.2, -0.15) is 0 Å². The molecule has 0 N–H and O–H groups in total. The summed E-state index contributed by atoms with van der Waals surface area (Å²) in [6.45, 7) is 28.3. The number of allylic oxidation sites excluding steroid dienone is 2. The smallest absolute Gasteiger partial charge is 0.206 e. The summed E-state index contributed by atoms with van der Waals surface area (Å²) in [5.74, 6) is 3.35.